The van der Waals surface area contributed by atoms with Crippen molar-refractivity contribution in [2.75, 3.05) is 5.73 Å². The molecule has 1 rings (SSSR count). The Balaban J connectivity index is 2.86. The molecule has 0 aliphatic heterocycles. The van der Waals surface area contributed by atoms with Gasteiger partial charge in [0, 0.05) is 12.2 Å². The lowest BCUT2D eigenvalue weighted by Gasteiger charge is -2.20. The zero-order chi connectivity index (χ0) is 13.3. The molecule has 0 heterocycles. The minimum Gasteiger partial charge on any atom is -0.399 e. The summed E-state index contributed by atoms with van der Waals surface area (Å²) < 4.78 is 25.6. The van der Waals surface area contributed by atoms with E-state index in [1.165, 1.54) is 0 Å². The van der Waals surface area contributed by atoms with Gasteiger partial charge in [-0.05, 0) is 44.9 Å². The fourth-order valence-corrected chi connectivity index (χ4v) is 2.06. The zero-order valence-corrected chi connectivity index (χ0v) is 11.6. The van der Waals surface area contributed by atoms with E-state index >= 15 is 0 Å². The van der Waals surface area contributed by atoms with Crippen LogP contribution in [0.3, 0.4) is 0 Å². The van der Waals surface area contributed by atoms with Gasteiger partial charge in [-0.1, -0.05) is 12.1 Å². The first-order valence-electron chi connectivity index (χ1n) is 5.48. The monoisotopic (exact) mass is 256 g/mol. The molecule has 0 aliphatic carbocycles. The van der Waals surface area contributed by atoms with Gasteiger partial charge in [0.1, 0.15) is 0 Å². The molecule has 0 atom stereocenters. The van der Waals surface area contributed by atoms with Crippen LogP contribution in [0.2, 0.25) is 0 Å². The van der Waals surface area contributed by atoms with E-state index in [1.54, 1.807) is 26.8 Å². The fraction of sp³-hybridized carbons (Fsp3) is 0.500. The van der Waals surface area contributed by atoms with Crippen molar-refractivity contribution in [1.82, 2.24) is 4.72 Å². The molecule has 0 amide bonds. The third-order valence-corrected chi connectivity index (χ3v) is 4.88. The van der Waals surface area contributed by atoms with E-state index in [0.29, 0.717) is 5.69 Å². The summed E-state index contributed by atoms with van der Waals surface area (Å²) in [5.74, 6) is 0. The second-order valence-electron chi connectivity index (χ2n) is 5.07. The zero-order valence-electron chi connectivity index (χ0n) is 10.7. The van der Waals surface area contributed by atoms with Crippen molar-refractivity contribution in [2.24, 2.45) is 0 Å². The van der Waals surface area contributed by atoms with Gasteiger partial charge in [-0.15, -0.1) is 0 Å². The van der Waals surface area contributed by atoms with E-state index in [0.717, 1.165) is 11.1 Å². The third-order valence-electron chi connectivity index (χ3n) is 2.75. The number of nitrogens with two attached hydrogens (primary N) is 1. The smallest absolute Gasteiger partial charge is 0.216 e. The lowest BCUT2D eigenvalue weighted by atomic mass is 10.1. The van der Waals surface area contributed by atoms with Gasteiger partial charge in [0.2, 0.25) is 10.0 Å². The number of hydrogen-bond donors (Lipinski definition) is 2. The van der Waals surface area contributed by atoms with E-state index in [1.807, 2.05) is 19.1 Å². The van der Waals surface area contributed by atoms with Crippen molar-refractivity contribution < 1.29 is 8.42 Å². The van der Waals surface area contributed by atoms with E-state index in [4.69, 9.17) is 5.73 Å². The van der Waals surface area contributed by atoms with Gasteiger partial charge in [-0.3, -0.25) is 0 Å². The summed E-state index contributed by atoms with van der Waals surface area (Å²) in [5.41, 5.74) is 8.27. The van der Waals surface area contributed by atoms with Crippen molar-refractivity contribution in [1.29, 1.82) is 0 Å². The van der Waals surface area contributed by atoms with Gasteiger partial charge in [-0.2, -0.15) is 0 Å². The molecule has 0 aromatic heterocycles. The molecule has 1 aromatic carbocycles. The van der Waals surface area contributed by atoms with Gasteiger partial charge >= 0.3 is 0 Å². The Morgan fingerprint density at radius 2 is 1.88 bits per heavy atom. The summed E-state index contributed by atoms with van der Waals surface area (Å²) in [5, 5.41) is 0. The molecule has 5 heteroatoms. The highest BCUT2D eigenvalue weighted by molar-refractivity contribution is 7.90. The number of nitrogen functional groups attached to an aromatic ring is 1. The molecule has 1 aromatic rings. The number of benzene rings is 1. The largest absolute Gasteiger partial charge is 0.399 e. The van der Waals surface area contributed by atoms with Crippen LogP contribution in [0.5, 0.6) is 0 Å². The molecule has 0 saturated carbocycles. The highest BCUT2D eigenvalue weighted by Gasteiger charge is 2.28. The van der Waals surface area contributed by atoms with Crippen LogP contribution in [-0.4, -0.2) is 13.2 Å². The van der Waals surface area contributed by atoms with Gasteiger partial charge in [-0.25, -0.2) is 13.1 Å². The Morgan fingerprint density at radius 1 is 1.29 bits per heavy atom. The Labute approximate surface area is 103 Å². The van der Waals surface area contributed by atoms with Gasteiger partial charge in [0.15, 0.2) is 0 Å². The third kappa shape index (κ3) is 3.20. The lowest BCUT2D eigenvalue weighted by molar-refractivity contribution is 0.544. The molecule has 0 unspecified atom stereocenters. The van der Waals surface area contributed by atoms with Crippen molar-refractivity contribution in [2.45, 2.75) is 39.0 Å². The number of rotatable bonds is 3. The molecule has 3 N–H and O–H groups in total. The molecule has 0 fully saturated rings. The van der Waals surface area contributed by atoms with Crippen molar-refractivity contribution >= 4 is 15.7 Å². The average Bonchev–Trinajstić information content (AvgIpc) is 2.18. The molecular weight excluding hydrogens is 236 g/mol. The van der Waals surface area contributed by atoms with E-state index in [-0.39, 0.29) is 6.54 Å². The minimum absolute atomic E-state index is 0.274. The molecule has 0 radical (unpaired) electrons. The van der Waals surface area contributed by atoms with Crippen LogP contribution in [0.25, 0.3) is 0 Å². The van der Waals surface area contributed by atoms with Crippen LogP contribution >= 0.6 is 0 Å². The lowest BCUT2D eigenvalue weighted by Crippen LogP contribution is -2.39. The van der Waals surface area contributed by atoms with Crippen LogP contribution in [-0.2, 0) is 16.6 Å². The van der Waals surface area contributed by atoms with Crippen LogP contribution < -0.4 is 10.5 Å². The SMILES string of the molecule is Cc1c(N)cccc1CNS(=O)(=O)C(C)(C)C. The molecule has 0 saturated heterocycles. The Morgan fingerprint density at radius 3 is 2.41 bits per heavy atom. The molecule has 0 aliphatic rings. The maximum Gasteiger partial charge on any atom is 0.216 e. The number of anilines is 1. The van der Waals surface area contributed by atoms with Crippen LogP contribution in [0.1, 0.15) is 31.9 Å². The second kappa shape index (κ2) is 4.66. The summed E-state index contributed by atoms with van der Waals surface area (Å²) in [7, 11) is -3.32. The van der Waals surface area contributed by atoms with E-state index < -0.39 is 14.8 Å². The summed E-state index contributed by atoms with van der Waals surface area (Å²) in [6.07, 6.45) is 0. The highest BCUT2D eigenvalue weighted by atomic mass is 32.2. The quantitative estimate of drug-likeness (QED) is 0.810. The van der Waals surface area contributed by atoms with Crippen LogP contribution in [0, 0.1) is 6.92 Å². The van der Waals surface area contributed by atoms with E-state index in [2.05, 4.69) is 4.72 Å². The number of nitrogens with one attached hydrogen (secondary N) is 1. The average molecular weight is 256 g/mol. The van der Waals surface area contributed by atoms with Crippen molar-refractivity contribution in [3.63, 3.8) is 0 Å². The van der Waals surface area contributed by atoms with E-state index in [9.17, 15) is 8.42 Å². The first kappa shape index (κ1) is 14.0. The van der Waals surface area contributed by atoms with Crippen molar-refractivity contribution in [3.05, 3.63) is 29.3 Å². The topological polar surface area (TPSA) is 72.2 Å². The van der Waals surface area contributed by atoms with Crippen LogP contribution in [0.15, 0.2) is 18.2 Å². The first-order chi connectivity index (χ1) is 7.65. The predicted octanol–water partition coefficient (Wildman–Crippen LogP) is 1.80. The molecule has 0 bridgehead atoms. The summed E-state index contributed by atoms with van der Waals surface area (Å²) in [4.78, 5) is 0. The highest BCUT2D eigenvalue weighted by Crippen LogP contribution is 2.17. The summed E-state index contributed by atoms with van der Waals surface area (Å²) >= 11 is 0. The minimum atomic E-state index is -3.32. The molecular formula is C12H20N2O2S. The van der Waals surface area contributed by atoms with Crippen molar-refractivity contribution in [3.8, 4) is 0 Å². The normalized spacial score (nSPS) is 12.7. The fourth-order valence-electron chi connectivity index (χ4n) is 1.28. The summed E-state index contributed by atoms with van der Waals surface area (Å²) in [6, 6.07) is 5.50. The predicted molar refractivity (Wildman–Crippen MR) is 71.1 cm³/mol. The van der Waals surface area contributed by atoms with Gasteiger partial charge in [0.05, 0.1) is 4.75 Å². The van der Waals surface area contributed by atoms with Gasteiger partial charge < -0.3 is 5.73 Å². The van der Waals surface area contributed by atoms with Crippen LogP contribution in [0.4, 0.5) is 5.69 Å². The Hall–Kier alpha value is -1.07. The Kier molecular flexibility index (Phi) is 3.84. The molecule has 4 nitrogen and oxygen atoms in total. The standard InChI is InChI=1S/C12H20N2O2S/c1-9-10(6-5-7-11(9)13)8-14-17(15,16)12(2,3)4/h5-7,14H,8,13H2,1-4H3. The first-order valence-corrected chi connectivity index (χ1v) is 6.96. The maximum absolute atomic E-state index is 11.9. The maximum atomic E-state index is 11.9. The number of sulfonamides is 1. The second-order valence-corrected chi connectivity index (χ2v) is 7.59. The summed E-state index contributed by atoms with van der Waals surface area (Å²) in [6.45, 7) is 7.16. The molecule has 96 valence electrons. The Bertz CT molecular complexity index is 502. The molecule has 0 spiro atoms. The number of hydrogen-bond acceptors (Lipinski definition) is 3. The molecule has 17 heavy (non-hydrogen) atoms. The van der Waals surface area contributed by atoms with Gasteiger partial charge in [0.25, 0.3) is 0 Å².